The van der Waals surface area contributed by atoms with E-state index in [1.807, 2.05) is 12.4 Å². The number of aromatic nitrogens is 1. The first kappa shape index (κ1) is 12.2. The van der Waals surface area contributed by atoms with Crippen LogP contribution in [0, 0.1) is 5.92 Å². The first-order valence-corrected chi connectivity index (χ1v) is 6.20. The van der Waals surface area contributed by atoms with Crippen molar-refractivity contribution in [3.05, 3.63) is 16.6 Å². The van der Waals surface area contributed by atoms with Crippen LogP contribution in [0.1, 0.15) is 31.7 Å². The molecule has 0 aromatic carbocycles. The Labute approximate surface area is 95.1 Å². The molecule has 0 saturated heterocycles. The molecular formula is C11H18N2OS. The fraction of sp³-hybridized carbons (Fsp3) is 0.636. The predicted octanol–water partition coefficient (Wildman–Crippen LogP) is 2.54. The Morgan fingerprint density at radius 1 is 1.53 bits per heavy atom. The van der Waals surface area contributed by atoms with Gasteiger partial charge in [-0.05, 0) is 12.8 Å². The zero-order valence-electron chi connectivity index (χ0n) is 9.56. The summed E-state index contributed by atoms with van der Waals surface area (Å²) >= 11 is 1.59. The minimum atomic E-state index is 0.162. The molecule has 0 unspecified atom stereocenters. The summed E-state index contributed by atoms with van der Waals surface area (Å²) in [5, 5.41) is 2.93. The highest BCUT2D eigenvalue weighted by Crippen LogP contribution is 2.14. The number of amides is 1. The van der Waals surface area contributed by atoms with Crippen LogP contribution in [-0.2, 0) is 11.3 Å². The van der Waals surface area contributed by atoms with Crippen LogP contribution in [0.3, 0.4) is 0 Å². The second kappa shape index (κ2) is 5.85. The molecule has 84 valence electrons. The Morgan fingerprint density at radius 3 is 2.67 bits per heavy atom. The maximum absolute atomic E-state index is 11.9. The van der Waals surface area contributed by atoms with Crippen molar-refractivity contribution in [3.63, 3.8) is 0 Å². The van der Waals surface area contributed by atoms with Crippen LogP contribution in [0.4, 0.5) is 0 Å². The molecule has 0 atom stereocenters. The SMILES string of the molecule is CCC(CC)C(=O)N(C)Cc1nccs1. The van der Waals surface area contributed by atoms with Gasteiger partial charge in [0.05, 0.1) is 6.54 Å². The van der Waals surface area contributed by atoms with Crippen molar-refractivity contribution in [1.29, 1.82) is 0 Å². The molecule has 0 aliphatic rings. The van der Waals surface area contributed by atoms with E-state index in [2.05, 4.69) is 18.8 Å². The minimum absolute atomic E-state index is 0.162. The van der Waals surface area contributed by atoms with E-state index in [9.17, 15) is 4.79 Å². The zero-order valence-corrected chi connectivity index (χ0v) is 10.4. The first-order valence-electron chi connectivity index (χ1n) is 5.32. The van der Waals surface area contributed by atoms with Crippen molar-refractivity contribution in [2.75, 3.05) is 7.05 Å². The molecular weight excluding hydrogens is 208 g/mol. The first-order chi connectivity index (χ1) is 7.19. The molecule has 0 spiro atoms. The van der Waals surface area contributed by atoms with Crippen LogP contribution in [0.2, 0.25) is 0 Å². The van der Waals surface area contributed by atoms with Gasteiger partial charge in [0.1, 0.15) is 5.01 Å². The van der Waals surface area contributed by atoms with Gasteiger partial charge in [0.25, 0.3) is 0 Å². The van der Waals surface area contributed by atoms with Gasteiger partial charge < -0.3 is 4.90 Å². The second-order valence-corrected chi connectivity index (χ2v) is 4.61. The van der Waals surface area contributed by atoms with Crippen LogP contribution < -0.4 is 0 Å². The van der Waals surface area contributed by atoms with Crippen molar-refractivity contribution in [1.82, 2.24) is 9.88 Å². The molecule has 0 aliphatic heterocycles. The summed E-state index contributed by atoms with van der Waals surface area (Å²) in [6, 6.07) is 0. The lowest BCUT2D eigenvalue weighted by atomic mass is 10.0. The lowest BCUT2D eigenvalue weighted by Crippen LogP contribution is -2.31. The van der Waals surface area contributed by atoms with Gasteiger partial charge in [-0.1, -0.05) is 13.8 Å². The van der Waals surface area contributed by atoms with Crippen molar-refractivity contribution in [2.24, 2.45) is 5.92 Å². The number of carbonyl (C=O) groups excluding carboxylic acids is 1. The predicted molar refractivity (Wildman–Crippen MR) is 62.7 cm³/mol. The molecule has 0 N–H and O–H groups in total. The van der Waals surface area contributed by atoms with Gasteiger partial charge in [0.2, 0.25) is 5.91 Å². The highest BCUT2D eigenvalue weighted by atomic mass is 32.1. The van der Waals surface area contributed by atoms with Gasteiger partial charge in [0, 0.05) is 24.5 Å². The largest absolute Gasteiger partial charge is 0.339 e. The summed E-state index contributed by atoms with van der Waals surface area (Å²) in [5.41, 5.74) is 0. The third-order valence-corrected chi connectivity index (χ3v) is 3.33. The van der Waals surface area contributed by atoms with Crippen molar-refractivity contribution in [2.45, 2.75) is 33.2 Å². The van der Waals surface area contributed by atoms with Gasteiger partial charge in [-0.3, -0.25) is 4.79 Å². The molecule has 0 fully saturated rings. The third kappa shape index (κ3) is 3.30. The van der Waals surface area contributed by atoms with Crippen LogP contribution in [-0.4, -0.2) is 22.8 Å². The summed E-state index contributed by atoms with van der Waals surface area (Å²) in [6.07, 6.45) is 3.60. The normalized spacial score (nSPS) is 10.7. The summed E-state index contributed by atoms with van der Waals surface area (Å²) in [6.45, 7) is 4.75. The molecule has 0 bridgehead atoms. The molecule has 3 nitrogen and oxygen atoms in total. The van der Waals surface area contributed by atoms with Crippen LogP contribution in [0.25, 0.3) is 0 Å². The molecule has 1 rings (SSSR count). The van der Waals surface area contributed by atoms with Gasteiger partial charge in [-0.25, -0.2) is 4.98 Å². The Hall–Kier alpha value is -0.900. The zero-order chi connectivity index (χ0) is 11.3. The number of hydrogen-bond acceptors (Lipinski definition) is 3. The van der Waals surface area contributed by atoms with Crippen molar-refractivity contribution in [3.8, 4) is 0 Å². The molecule has 1 aromatic heterocycles. The molecule has 0 radical (unpaired) electrons. The lowest BCUT2D eigenvalue weighted by molar-refractivity contribution is -0.134. The van der Waals surface area contributed by atoms with Gasteiger partial charge in [-0.2, -0.15) is 0 Å². The van der Waals surface area contributed by atoms with Crippen LogP contribution >= 0.6 is 11.3 Å². The highest BCUT2D eigenvalue weighted by molar-refractivity contribution is 7.09. The monoisotopic (exact) mass is 226 g/mol. The highest BCUT2D eigenvalue weighted by Gasteiger charge is 2.18. The Kier molecular flexibility index (Phi) is 4.75. The van der Waals surface area contributed by atoms with Crippen molar-refractivity contribution >= 4 is 17.2 Å². The van der Waals surface area contributed by atoms with Crippen molar-refractivity contribution < 1.29 is 4.79 Å². The summed E-state index contributed by atoms with van der Waals surface area (Å²) in [4.78, 5) is 17.9. The van der Waals surface area contributed by atoms with E-state index in [0.29, 0.717) is 6.54 Å². The van der Waals surface area contributed by atoms with Crippen LogP contribution in [0.5, 0.6) is 0 Å². The topological polar surface area (TPSA) is 33.2 Å². The van der Waals surface area contributed by atoms with E-state index in [0.717, 1.165) is 17.8 Å². The molecule has 1 aromatic rings. The number of carbonyl (C=O) groups is 1. The molecule has 0 aliphatic carbocycles. The smallest absolute Gasteiger partial charge is 0.225 e. The Morgan fingerprint density at radius 2 is 2.20 bits per heavy atom. The van der Waals surface area contributed by atoms with E-state index in [-0.39, 0.29) is 11.8 Å². The maximum atomic E-state index is 11.9. The number of nitrogens with zero attached hydrogens (tertiary/aromatic N) is 2. The maximum Gasteiger partial charge on any atom is 0.225 e. The third-order valence-electron chi connectivity index (χ3n) is 2.57. The minimum Gasteiger partial charge on any atom is -0.339 e. The summed E-state index contributed by atoms with van der Waals surface area (Å²) in [5.74, 6) is 0.394. The number of rotatable bonds is 5. The molecule has 1 heterocycles. The number of thiazole rings is 1. The van der Waals surface area contributed by atoms with E-state index < -0.39 is 0 Å². The van der Waals surface area contributed by atoms with Gasteiger partial charge in [0.15, 0.2) is 0 Å². The lowest BCUT2D eigenvalue weighted by Gasteiger charge is -2.21. The van der Waals surface area contributed by atoms with E-state index in [1.165, 1.54) is 0 Å². The van der Waals surface area contributed by atoms with Gasteiger partial charge in [-0.15, -0.1) is 11.3 Å². The summed E-state index contributed by atoms with van der Waals surface area (Å²) in [7, 11) is 1.85. The second-order valence-electron chi connectivity index (χ2n) is 3.63. The average Bonchev–Trinajstić information content (AvgIpc) is 2.72. The fourth-order valence-corrected chi connectivity index (χ4v) is 2.23. The molecule has 1 amide bonds. The van der Waals surface area contributed by atoms with E-state index in [1.54, 1.807) is 22.4 Å². The molecule has 4 heteroatoms. The molecule has 0 saturated carbocycles. The quantitative estimate of drug-likeness (QED) is 0.773. The molecule has 15 heavy (non-hydrogen) atoms. The van der Waals surface area contributed by atoms with Crippen LogP contribution in [0.15, 0.2) is 11.6 Å². The average molecular weight is 226 g/mol. The standard InChI is InChI=1S/C11H18N2OS/c1-4-9(5-2)11(14)13(3)8-10-12-6-7-15-10/h6-7,9H,4-5,8H2,1-3H3. The Bertz CT molecular complexity index is 294. The fourth-order valence-electron chi connectivity index (χ4n) is 1.56. The Balaban J connectivity index is 2.53. The van der Waals surface area contributed by atoms with E-state index in [4.69, 9.17) is 0 Å². The number of hydrogen-bond donors (Lipinski definition) is 0. The van der Waals surface area contributed by atoms with E-state index >= 15 is 0 Å². The summed E-state index contributed by atoms with van der Waals surface area (Å²) < 4.78 is 0. The van der Waals surface area contributed by atoms with Gasteiger partial charge >= 0.3 is 0 Å².